The predicted octanol–water partition coefficient (Wildman–Crippen LogP) is 3.71. The smallest absolute Gasteiger partial charge is 0.246 e. The van der Waals surface area contributed by atoms with Crippen LogP contribution in [0.1, 0.15) is 31.2 Å². The number of hydrogen-bond acceptors (Lipinski definition) is 4. The summed E-state index contributed by atoms with van der Waals surface area (Å²) in [5, 5.41) is 0. The van der Waals surface area contributed by atoms with Crippen molar-refractivity contribution < 1.29 is 31.1 Å². The lowest BCUT2D eigenvalue weighted by atomic mass is 9.96. The zero-order valence-corrected chi connectivity index (χ0v) is 19.4. The summed E-state index contributed by atoms with van der Waals surface area (Å²) in [7, 11) is -4.22. The number of ether oxygens (including phenoxy) is 1. The molecule has 184 valence electrons. The monoisotopic (exact) mass is 496 g/mol. The van der Waals surface area contributed by atoms with Gasteiger partial charge in [0.15, 0.2) is 0 Å². The Bertz CT molecular complexity index is 1130. The normalized spacial score (nSPS) is 19.9. The van der Waals surface area contributed by atoms with Crippen molar-refractivity contribution in [1.82, 2.24) is 9.21 Å². The molecule has 4 rings (SSSR count). The maximum absolute atomic E-state index is 14.1. The Balaban J connectivity index is 1.45. The van der Waals surface area contributed by atoms with Crippen LogP contribution in [0.25, 0.3) is 0 Å². The van der Waals surface area contributed by atoms with Crippen molar-refractivity contribution in [1.29, 1.82) is 0 Å². The van der Waals surface area contributed by atoms with Crippen LogP contribution in [0.15, 0.2) is 47.4 Å². The topological polar surface area (TPSA) is 66.9 Å². The van der Waals surface area contributed by atoms with Crippen LogP contribution in [0.2, 0.25) is 0 Å². The van der Waals surface area contributed by atoms with Crippen LogP contribution >= 0.6 is 0 Å². The van der Waals surface area contributed by atoms with E-state index in [0.29, 0.717) is 24.8 Å². The summed E-state index contributed by atoms with van der Waals surface area (Å²) >= 11 is 0. The highest BCUT2D eigenvalue weighted by Crippen LogP contribution is 2.28. The molecule has 1 atom stereocenters. The highest BCUT2D eigenvalue weighted by atomic mass is 32.2. The highest BCUT2D eigenvalue weighted by Gasteiger charge is 2.36. The molecule has 34 heavy (non-hydrogen) atoms. The summed E-state index contributed by atoms with van der Waals surface area (Å²) in [6.07, 6.45) is 2.16. The lowest BCUT2D eigenvalue weighted by Gasteiger charge is -2.34. The molecule has 6 nitrogen and oxygen atoms in total. The van der Waals surface area contributed by atoms with E-state index in [9.17, 15) is 26.4 Å². The Kier molecular flexibility index (Phi) is 7.59. The summed E-state index contributed by atoms with van der Waals surface area (Å²) in [6, 6.07) is 8.39. The number of rotatable bonds is 7. The molecule has 2 aliphatic rings. The first-order chi connectivity index (χ1) is 16.2. The SMILES string of the molecule is O=C(C1CCN(S(=O)(=O)c2cc(F)ccc2F)CC1)N(Cc1cccc(F)c1)CC1CCCO1. The molecule has 0 spiro atoms. The van der Waals surface area contributed by atoms with Crippen LogP contribution in [-0.2, 0) is 26.1 Å². The molecule has 2 aromatic rings. The largest absolute Gasteiger partial charge is 0.376 e. The van der Waals surface area contributed by atoms with E-state index in [2.05, 4.69) is 0 Å². The molecule has 0 radical (unpaired) electrons. The number of hydrogen-bond donors (Lipinski definition) is 0. The molecule has 1 amide bonds. The van der Waals surface area contributed by atoms with Gasteiger partial charge < -0.3 is 9.64 Å². The molecule has 1 unspecified atom stereocenters. The average molecular weight is 497 g/mol. The van der Waals surface area contributed by atoms with Gasteiger partial charge in [0.1, 0.15) is 22.3 Å². The average Bonchev–Trinajstić information content (AvgIpc) is 3.33. The number of nitrogens with zero attached hydrogens (tertiary/aromatic N) is 2. The number of benzene rings is 2. The van der Waals surface area contributed by atoms with Gasteiger partial charge >= 0.3 is 0 Å². The zero-order chi connectivity index (χ0) is 24.3. The van der Waals surface area contributed by atoms with Gasteiger partial charge in [0.2, 0.25) is 15.9 Å². The summed E-state index contributed by atoms with van der Waals surface area (Å²) in [5.41, 5.74) is 0.660. The number of amides is 1. The number of carbonyl (C=O) groups is 1. The third kappa shape index (κ3) is 5.61. The number of sulfonamides is 1. The van der Waals surface area contributed by atoms with Gasteiger partial charge in [-0.3, -0.25) is 4.79 Å². The summed E-state index contributed by atoms with van der Waals surface area (Å²) in [6.45, 7) is 1.27. The van der Waals surface area contributed by atoms with Gasteiger partial charge in [0.05, 0.1) is 6.10 Å². The zero-order valence-electron chi connectivity index (χ0n) is 18.6. The highest BCUT2D eigenvalue weighted by molar-refractivity contribution is 7.89. The fourth-order valence-electron chi connectivity index (χ4n) is 4.54. The Morgan fingerprint density at radius 3 is 2.44 bits per heavy atom. The van der Waals surface area contributed by atoms with Crippen LogP contribution in [0, 0.1) is 23.4 Å². The molecule has 0 bridgehead atoms. The van der Waals surface area contributed by atoms with Gasteiger partial charge in [-0.1, -0.05) is 12.1 Å². The fourth-order valence-corrected chi connectivity index (χ4v) is 6.08. The van der Waals surface area contributed by atoms with E-state index >= 15 is 0 Å². The number of piperidine rings is 1. The third-order valence-electron chi connectivity index (χ3n) is 6.34. The van der Waals surface area contributed by atoms with Gasteiger partial charge in [-0.25, -0.2) is 21.6 Å². The molecule has 2 heterocycles. The lowest BCUT2D eigenvalue weighted by molar-refractivity contribution is -0.139. The van der Waals surface area contributed by atoms with E-state index < -0.39 is 32.5 Å². The second-order valence-electron chi connectivity index (χ2n) is 8.74. The fraction of sp³-hybridized carbons (Fsp3) is 0.458. The van der Waals surface area contributed by atoms with E-state index in [-0.39, 0.29) is 50.3 Å². The van der Waals surface area contributed by atoms with Gasteiger partial charge in [-0.05, 0) is 61.6 Å². The van der Waals surface area contributed by atoms with Crippen molar-refractivity contribution in [3.05, 3.63) is 65.5 Å². The molecule has 0 aliphatic carbocycles. The van der Waals surface area contributed by atoms with E-state index in [1.807, 2.05) is 0 Å². The van der Waals surface area contributed by atoms with Crippen LogP contribution in [0.5, 0.6) is 0 Å². The standard InChI is InChI=1S/C24H27F3N2O4S/c25-19-4-1-3-17(13-19)15-28(16-21-5-2-12-33-21)24(30)18-8-10-29(11-9-18)34(31,32)23-14-20(26)6-7-22(23)27/h1,3-4,6-7,13-14,18,21H,2,5,8-12,15-16H2. The summed E-state index contributed by atoms with van der Waals surface area (Å²) in [4.78, 5) is 14.4. The van der Waals surface area contributed by atoms with Crippen molar-refractivity contribution in [3.63, 3.8) is 0 Å². The molecule has 2 aliphatic heterocycles. The van der Waals surface area contributed by atoms with Gasteiger partial charge in [-0.2, -0.15) is 4.31 Å². The van der Waals surface area contributed by atoms with Crippen molar-refractivity contribution in [3.8, 4) is 0 Å². The van der Waals surface area contributed by atoms with E-state index in [0.717, 1.165) is 29.3 Å². The second kappa shape index (κ2) is 10.5. The Morgan fingerprint density at radius 2 is 1.76 bits per heavy atom. The Labute approximate surface area is 197 Å². The number of halogens is 3. The van der Waals surface area contributed by atoms with E-state index in [4.69, 9.17) is 4.74 Å². The predicted molar refractivity (Wildman–Crippen MR) is 119 cm³/mol. The molecular formula is C24H27F3N2O4S. The van der Waals surface area contributed by atoms with Crippen LogP contribution in [0.3, 0.4) is 0 Å². The third-order valence-corrected chi connectivity index (χ3v) is 8.25. The molecule has 2 saturated heterocycles. The Hall–Kier alpha value is -2.43. The minimum absolute atomic E-state index is 0.0163. The maximum Gasteiger partial charge on any atom is 0.246 e. The molecular weight excluding hydrogens is 469 g/mol. The lowest BCUT2D eigenvalue weighted by Crippen LogP contribution is -2.46. The van der Waals surface area contributed by atoms with Crippen LogP contribution in [0.4, 0.5) is 13.2 Å². The van der Waals surface area contributed by atoms with Crippen LogP contribution in [-0.4, -0.2) is 55.9 Å². The number of carbonyl (C=O) groups excluding carboxylic acids is 1. The molecule has 10 heteroatoms. The van der Waals surface area contributed by atoms with Crippen molar-refractivity contribution in [2.24, 2.45) is 5.92 Å². The van der Waals surface area contributed by atoms with Crippen molar-refractivity contribution in [2.75, 3.05) is 26.2 Å². The van der Waals surface area contributed by atoms with Gasteiger partial charge in [-0.15, -0.1) is 0 Å². The maximum atomic E-state index is 14.1. The molecule has 0 saturated carbocycles. The van der Waals surface area contributed by atoms with E-state index in [1.165, 1.54) is 12.1 Å². The second-order valence-corrected chi connectivity index (χ2v) is 10.6. The Morgan fingerprint density at radius 1 is 1.03 bits per heavy atom. The van der Waals surface area contributed by atoms with Crippen molar-refractivity contribution in [2.45, 2.75) is 43.2 Å². The van der Waals surface area contributed by atoms with Gasteiger partial charge in [0.25, 0.3) is 0 Å². The summed E-state index contributed by atoms with van der Waals surface area (Å²) in [5.74, 6) is -2.82. The minimum Gasteiger partial charge on any atom is -0.376 e. The van der Waals surface area contributed by atoms with E-state index in [1.54, 1.807) is 17.0 Å². The molecule has 2 aromatic carbocycles. The van der Waals surface area contributed by atoms with Crippen molar-refractivity contribution >= 4 is 15.9 Å². The quantitative estimate of drug-likeness (QED) is 0.586. The molecule has 0 aromatic heterocycles. The van der Waals surface area contributed by atoms with Gasteiger partial charge in [0, 0.05) is 38.7 Å². The first-order valence-corrected chi connectivity index (χ1v) is 12.8. The first-order valence-electron chi connectivity index (χ1n) is 11.3. The summed E-state index contributed by atoms with van der Waals surface area (Å²) < 4.78 is 73.8. The first kappa shape index (κ1) is 24.7. The molecule has 2 fully saturated rings. The molecule has 0 N–H and O–H groups in total. The minimum atomic E-state index is -4.22. The van der Waals surface area contributed by atoms with Crippen LogP contribution < -0.4 is 0 Å².